The average Bonchev–Trinajstić information content (AvgIpc) is 3.11. The summed E-state index contributed by atoms with van der Waals surface area (Å²) in [5.74, 6) is 1.10. The van der Waals surface area contributed by atoms with E-state index in [1.54, 1.807) is 7.11 Å². The molecule has 1 aromatic heterocycles. The van der Waals surface area contributed by atoms with E-state index in [1.165, 1.54) is 17.4 Å². The average molecular weight is 392 g/mol. The first-order chi connectivity index (χ1) is 13.1. The number of hydrogen-bond donors (Lipinski definition) is 1. The Morgan fingerprint density at radius 1 is 1.19 bits per heavy atom. The number of hydrogen-bond acceptors (Lipinski definition) is 6. The second kappa shape index (κ2) is 10.9. The summed E-state index contributed by atoms with van der Waals surface area (Å²) < 4.78 is 6.97. The van der Waals surface area contributed by atoms with Crippen molar-refractivity contribution >= 4 is 23.4 Å². The van der Waals surface area contributed by atoms with Crippen molar-refractivity contribution in [3.05, 3.63) is 24.3 Å². The molecule has 0 atom stereocenters. The molecule has 27 heavy (non-hydrogen) atoms. The number of nitrogens with one attached hydrogen (secondary N) is 1. The third kappa shape index (κ3) is 5.71. The highest BCUT2D eigenvalue weighted by atomic mass is 32.2. The van der Waals surface area contributed by atoms with E-state index < -0.39 is 0 Å². The predicted molar refractivity (Wildman–Crippen MR) is 110 cm³/mol. The van der Waals surface area contributed by atoms with Crippen LogP contribution in [0, 0.1) is 0 Å². The molecule has 0 spiro atoms. The summed E-state index contributed by atoms with van der Waals surface area (Å²) in [6, 6.07) is 8.39. The standard InChI is InChI=1S/C19H29N5O2S/c1-5-23(6-2)16-10-8-15(9-11-16)18-21-22-19(24(18)7-3)27-14-17(25)20-12-13-26-4/h8-11H,5-7,12-14H2,1-4H3,(H,20,25). The highest BCUT2D eigenvalue weighted by Gasteiger charge is 2.15. The molecule has 0 radical (unpaired) electrons. The lowest BCUT2D eigenvalue weighted by molar-refractivity contribution is -0.118. The fourth-order valence-electron chi connectivity index (χ4n) is 2.78. The molecule has 1 amide bonds. The Hall–Kier alpha value is -2.06. The molecule has 0 unspecified atom stereocenters. The molecule has 0 fully saturated rings. The van der Waals surface area contributed by atoms with Gasteiger partial charge in [0.2, 0.25) is 5.91 Å². The van der Waals surface area contributed by atoms with Gasteiger partial charge in [-0.3, -0.25) is 4.79 Å². The number of nitrogens with zero attached hydrogens (tertiary/aromatic N) is 4. The van der Waals surface area contributed by atoms with Crippen LogP contribution in [-0.2, 0) is 16.1 Å². The first-order valence-electron chi connectivity index (χ1n) is 9.31. The summed E-state index contributed by atoms with van der Waals surface area (Å²) in [7, 11) is 1.61. The molecule has 148 valence electrons. The maximum absolute atomic E-state index is 11.9. The van der Waals surface area contributed by atoms with Gasteiger partial charge in [0.25, 0.3) is 0 Å². The van der Waals surface area contributed by atoms with E-state index in [0.29, 0.717) is 18.9 Å². The number of methoxy groups -OCH3 is 1. The summed E-state index contributed by atoms with van der Waals surface area (Å²) >= 11 is 1.40. The Balaban J connectivity index is 2.07. The monoisotopic (exact) mass is 391 g/mol. The van der Waals surface area contributed by atoms with E-state index in [4.69, 9.17) is 4.74 Å². The summed E-state index contributed by atoms with van der Waals surface area (Å²) in [5, 5.41) is 12.2. The lowest BCUT2D eigenvalue weighted by atomic mass is 10.2. The molecule has 1 N–H and O–H groups in total. The van der Waals surface area contributed by atoms with Crippen LogP contribution in [-0.4, -0.2) is 59.8 Å². The minimum absolute atomic E-state index is 0.0344. The van der Waals surface area contributed by atoms with Crippen LogP contribution in [0.15, 0.2) is 29.4 Å². The summed E-state index contributed by atoms with van der Waals surface area (Å²) in [4.78, 5) is 14.2. The zero-order chi connectivity index (χ0) is 19.6. The van der Waals surface area contributed by atoms with Crippen LogP contribution in [0.5, 0.6) is 0 Å². The van der Waals surface area contributed by atoms with Gasteiger partial charge in [-0.1, -0.05) is 11.8 Å². The van der Waals surface area contributed by atoms with Gasteiger partial charge in [0.05, 0.1) is 12.4 Å². The lowest BCUT2D eigenvalue weighted by Gasteiger charge is -2.21. The molecule has 0 aliphatic carbocycles. The number of ether oxygens (including phenoxy) is 1. The third-order valence-corrected chi connectivity index (χ3v) is 5.21. The number of carbonyl (C=O) groups excluding carboxylic acids is 1. The van der Waals surface area contributed by atoms with Gasteiger partial charge in [0.1, 0.15) is 0 Å². The van der Waals surface area contributed by atoms with Crippen molar-refractivity contribution in [2.75, 3.05) is 44.0 Å². The molecule has 0 aliphatic rings. The molecule has 7 nitrogen and oxygen atoms in total. The first kappa shape index (κ1) is 21.2. The molecular formula is C19H29N5O2S. The van der Waals surface area contributed by atoms with Crippen LogP contribution in [0.2, 0.25) is 0 Å². The molecule has 2 aromatic rings. The summed E-state index contributed by atoms with van der Waals surface area (Å²) in [6.45, 7) is 10.1. The van der Waals surface area contributed by atoms with Crippen molar-refractivity contribution in [3.63, 3.8) is 0 Å². The molecule has 0 bridgehead atoms. The van der Waals surface area contributed by atoms with Gasteiger partial charge in [-0.05, 0) is 45.0 Å². The smallest absolute Gasteiger partial charge is 0.230 e. The molecule has 0 aliphatic heterocycles. The molecule has 1 aromatic carbocycles. The molecule has 2 rings (SSSR count). The highest BCUT2D eigenvalue weighted by molar-refractivity contribution is 7.99. The third-order valence-electron chi connectivity index (χ3n) is 4.25. The van der Waals surface area contributed by atoms with Gasteiger partial charge in [-0.15, -0.1) is 10.2 Å². The lowest BCUT2D eigenvalue weighted by Crippen LogP contribution is -2.28. The van der Waals surface area contributed by atoms with Crippen molar-refractivity contribution in [1.29, 1.82) is 0 Å². The quantitative estimate of drug-likeness (QED) is 0.469. The number of aromatic nitrogens is 3. The molecule has 8 heteroatoms. The zero-order valence-corrected chi connectivity index (χ0v) is 17.4. The Morgan fingerprint density at radius 2 is 1.89 bits per heavy atom. The maximum Gasteiger partial charge on any atom is 0.230 e. The van der Waals surface area contributed by atoms with E-state index >= 15 is 0 Å². The van der Waals surface area contributed by atoms with E-state index in [9.17, 15) is 4.79 Å². The van der Waals surface area contributed by atoms with Gasteiger partial charge in [-0.25, -0.2) is 0 Å². The fourth-order valence-corrected chi connectivity index (χ4v) is 3.61. The minimum atomic E-state index is -0.0344. The Kier molecular flexibility index (Phi) is 8.60. The SMILES string of the molecule is CCN(CC)c1ccc(-c2nnc(SCC(=O)NCCOC)n2CC)cc1. The molecule has 0 saturated carbocycles. The van der Waals surface area contributed by atoms with Gasteiger partial charge >= 0.3 is 0 Å². The van der Waals surface area contributed by atoms with E-state index in [1.807, 2.05) is 4.57 Å². The van der Waals surface area contributed by atoms with Crippen molar-refractivity contribution < 1.29 is 9.53 Å². The summed E-state index contributed by atoms with van der Waals surface area (Å²) in [6.07, 6.45) is 0. The van der Waals surface area contributed by atoms with Gasteiger partial charge < -0.3 is 19.5 Å². The van der Waals surface area contributed by atoms with Crippen molar-refractivity contribution in [2.24, 2.45) is 0 Å². The largest absolute Gasteiger partial charge is 0.383 e. The van der Waals surface area contributed by atoms with E-state index in [-0.39, 0.29) is 5.91 Å². The first-order valence-corrected chi connectivity index (χ1v) is 10.3. The van der Waals surface area contributed by atoms with Gasteiger partial charge in [0, 0.05) is 44.5 Å². The number of benzene rings is 1. The summed E-state index contributed by atoms with van der Waals surface area (Å²) in [5.41, 5.74) is 2.23. The van der Waals surface area contributed by atoms with E-state index in [0.717, 1.165) is 36.2 Å². The number of carbonyl (C=O) groups is 1. The van der Waals surface area contributed by atoms with Crippen LogP contribution in [0.4, 0.5) is 5.69 Å². The van der Waals surface area contributed by atoms with Gasteiger partial charge in [0.15, 0.2) is 11.0 Å². The topological polar surface area (TPSA) is 72.3 Å². The fraction of sp³-hybridized carbons (Fsp3) is 0.526. The second-order valence-electron chi connectivity index (χ2n) is 5.90. The molecule has 1 heterocycles. The maximum atomic E-state index is 11.9. The molecular weight excluding hydrogens is 362 g/mol. The number of amides is 1. The predicted octanol–water partition coefficient (Wildman–Crippen LogP) is 2.67. The number of rotatable bonds is 11. The van der Waals surface area contributed by atoms with Crippen LogP contribution in [0.25, 0.3) is 11.4 Å². The Labute approximate surface area is 165 Å². The van der Waals surface area contributed by atoms with Crippen molar-refractivity contribution in [2.45, 2.75) is 32.5 Å². The number of anilines is 1. The van der Waals surface area contributed by atoms with Crippen LogP contribution < -0.4 is 10.2 Å². The van der Waals surface area contributed by atoms with E-state index in [2.05, 4.69) is 65.5 Å². The Bertz CT molecular complexity index is 713. The molecule has 0 saturated heterocycles. The number of thioether (sulfide) groups is 1. The van der Waals surface area contributed by atoms with Crippen molar-refractivity contribution in [1.82, 2.24) is 20.1 Å². The van der Waals surface area contributed by atoms with Crippen molar-refractivity contribution in [3.8, 4) is 11.4 Å². The van der Waals surface area contributed by atoms with Gasteiger partial charge in [-0.2, -0.15) is 0 Å². The zero-order valence-electron chi connectivity index (χ0n) is 16.6. The van der Waals surface area contributed by atoms with Crippen LogP contribution in [0.1, 0.15) is 20.8 Å². The minimum Gasteiger partial charge on any atom is -0.383 e. The Morgan fingerprint density at radius 3 is 2.48 bits per heavy atom. The van der Waals surface area contributed by atoms with Crippen LogP contribution >= 0.6 is 11.8 Å². The normalized spacial score (nSPS) is 10.8. The second-order valence-corrected chi connectivity index (χ2v) is 6.84. The highest BCUT2D eigenvalue weighted by Crippen LogP contribution is 2.26. The van der Waals surface area contributed by atoms with Crippen LogP contribution in [0.3, 0.4) is 0 Å².